The lowest BCUT2D eigenvalue weighted by molar-refractivity contribution is -0.129. The Labute approximate surface area is 134 Å². The fourth-order valence-corrected chi connectivity index (χ4v) is 4.09. The molecule has 0 aromatic rings. The molecule has 1 unspecified atom stereocenters. The van der Waals surface area contributed by atoms with E-state index in [0.717, 1.165) is 12.8 Å². The highest BCUT2D eigenvalue weighted by Crippen LogP contribution is 2.20. The van der Waals surface area contributed by atoms with E-state index in [1.807, 2.05) is 6.92 Å². The van der Waals surface area contributed by atoms with Crippen molar-refractivity contribution < 1.29 is 13.2 Å². The van der Waals surface area contributed by atoms with Crippen LogP contribution in [-0.2, 0) is 14.8 Å². The number of nitrogens with two attached hydrogens (primary N) is 1. The SMILES string of the molecule is CCN(CC)S(=O)(=O)CC(=O)N1CCC(C(C)N)CC1.Cl. The summed E-state index contributed by atoms with van der Waals surface area (Å²) in [4.78, 5) is 13.8. The molecule has 2 N–H and O–H groups in total. The van der Waals surface area contributed by atoms with Crippen LogP contribution in [0.15, 0.2) is 0 Å². The van der Waals surface area contributed by atoms with E-state index in [1.54, 1.807) is 18.7 Å². The molecule has 1 fully saturated rings. The van der Waals surface area contributed by atoms with Gasteiger partial charge in [-0.1, -0.05) is 13.8 Å². The standard InChI is InChI=1S/C13H27N3O3S.ClH/c1-4-16(5-2)20(18,19)10-13(17)15-8-6-12(7-9-15)11(3)14;/h11-12H,4-10,14H2,1-3H3;1H. The van der Waals surface area contributed by atoms with Gasteiger partial charge in [0.25, 0.3) is 0 Å². The number of halogens is 1. The molecule has 1 atom stereocenters. The zero-order chi connectivity index (χ0) is 15.3. The summed E-state index contributed by atoms with van der Waals surface area (Å²) >= 11 is 0. The average Bonchev–Trinajstić information content (AvgIpc) is 2.39. The minimum Gasteiger partial charge on any atom is -0.342 e. The molecule has 0 aliphatic carbocycles. The molecule has 126 valence electrons. The summed E-state index contributed by atoms with van der Waals surface area (Å²) < 4.78 is 25.5. The topological polar surface area (TPSA) is 83.7 Å². The molecule has 1 saturated heterocycles. The first-order chi connectivity index (χ1) is 9.31. The second-order valence-corrected chi connectivity index (χ2v) is 7.39. The Kier molecular flexibility index (Phi) is 8.77. The molecule has 0 aromatic heterocycles. The van der Waals surface area contributed by atoms with Gasteiger partial charge in [-0.05, 0) is 25.7 Å². The molecule has 0 spiro atoms. The van der Waals surface area contributed by atoms with Crippen LogP contribution in [0.3, 0.4) is 0 Å². The highest BCUT2D eigenvalue weighted by molar-refractivity contribution is 7.89. The molecule has 1 aliphatic heterocycles. The van der Waals surface area contributed by atoms with Gasteiger partial charge >= 0.3 is 0 Å². The van der Waals surface area contributed by atoms with E-state index >= 15 is 0 Å². The quantitative estimate of drug-likeness (QED) is 0.769. The fourth-order valence-electron chi connectivity index (χ4n) is 2.63. The Morgan fingerprint density at radius 3 is 2.14 bits per heavy atom. The number of nitrogens with zero attached hydrogens (tertiary/aromatic N) is 2. The van der Waals surface area contributed by atoms with Gasteiger partial charge in [-0.2, -0.15) is 0 Å². The van der Waals surface area contributed by atoms with E-state index in [4.69, 9.17) is 5.73 Å². The lowest BCUT2D eigenvalue weighted by atomic mass is 9.91. The first-order valence-electron chi connectivity index (χ1n) is 7.33. The molecule has 1 amide bonds. The molecule has 0 bridgehead atoms. The van der Waals surface area contributed by atoms with Crippen molar-refractivity contribution in [2.45, 2.75) is 39.7 Å². The Morgan fingerprint density at radius 1 is 1.29 bits per heavy atom. The van der Waals surface area contributed by atoms with Gasteiger partial charge in [-0.25, -0.2) is 12.7 Å². The van der Waals surface area contributed by atoms with Crippen molar-refractivity contribution in [3.63, 3.8) is 0 Å². The number of hydrogen-bond donors (Lipinski definition) is 1. The minimum atomic E-state index is -3.48. The summed E-state index contributed by atoms with van der Waals surface area (Å²) in [6, 6.07) is 0.131. The zero-order valence-corrected chi connectivity index (χ0v) is 14.8. The van der Waals surface area contributed by atoms with Crippen molar-refractivity contribution >= 4 is 28.3 Å². The summed E-state index contributed by atoms with van der Waals surface area (Å²) in [7, 11) is -3.48. The first kappa shape index (κ1) is 20.6. The lowest BCUT2D eigenvalue weighted by Gasteiger charge is -2.34. The number of likely N-dealkylation sites (tertiary alicyclic amines) is 1. The molecular formula is C13H28ClN3O3S. The van der Waals surface area contributed by atoms with Gasteiger partial charge in [-0.15, -0.1) is 12.4 Å². The second-order valence-electron chi connectivity index (χ2n) is 5.42. The third-order valence-electron chi connectivity index (χ3n) is 4.04. The lowest BCUT2D eigenvalue weighted by Crippen LogP contribution is -2.46. The van der Waals surface area contributed by atoms with Gasteiger partial charge in [0.1, 0.15) is 5.75 Å². The predicted octanol–water partition coefficient (Wildman–Crippen LogP) is 0.666. The van der Waals surface area contributed by atoms with Crippen LogP contribution in [0.2, 0.25) is 0 Å². The number of rotatable bonds is 6. The molecule has 0 radical (unpaired) electrons. The maximum Gasteiger partial charge on any atom is 0.239 e. The fraction of sp³-hybridized carbons (Fsp3) is 0.923. The molecule has 8 heteroatoms. The summed E-state index contributed by atoms with van der Waals surface area (Å²) in [6.45, 7) is 7.56. The monoisotopic (exact) mass is 341 g/mol. The molecular weight excluding hydrogens is 314 g/mol. The van der Waals surface area contributed by atoms with Crippen LogP contribution < -0.4 is 5.73 Å². The normalized spacial score (nSPS) is 18.4. The largest absolute Gasteiger partial charge is 0.342 e. The minimum absolute atomic E-state index is 0. The number of piperidine rings is 1. The van der Waals surface area contributed by atoms with Gasteiger partial charge in [0.05, 0.1) is 0 Å². The highest BCUT2D eigenvalue weighted by atomic mass is 35.5. The number of carbonyl (C=O) groups excluding carboxylic acids is 1. The van der Waals surface area contributed by atoms with Crippen LogP contribution in [0.5, 0.6) is 0 Å². The van der Waals surface area contributed by atoms with Crippen LogP contribution in [0.4, 0.5) is 0 Å². The van der Waals surface area contributed by atoms with Crippen molar-refractivity contribution in [3.05, 3.63) is 0 Å². The van der Waals surface area contributed by atoms with Crippen LogP contribution in [-0.4, -0.2) is 61.5 Å². The first-order valence-corrected chi connectivity index (χ1v) is 8.93. The van der Waals surface area contributed by atoms with Crippen LogP contribution in [0.1, 0.15) is 33.6 Å². The molecule has 21 heavy (non-hydrogen) atoms. The van der Waals surface area contributed by atoms with Crippen LogP contribution in [0.25, 0.3) is 0 Å². The van der Waals surface area contributed by atoms with E-state index in [1.165, 1.54) is 4.31 Å². The third kappa shape index (κ3) is 5.73. The van der Waals surface area contributed by atoms with Crippen LogP contribution >= 0.6 is 12.4 Å². The molecule has 1 rings (SSSR count). The van der Waals surface area contributed by atoms with E-state index in [9.17, 15) is 13.2 Å². The number of carbonyl (C=O) groups is 1. The van der Waals surface area contributed by atoms with E-state index < -0.39 is 15.8 Å². The maximum atomic E-state index is 12.1. The smallest absolute Gasteiger partial charge is 0.239 e. The van der Waals surface area contributed by atoms with Crippen molar-refractivity contribution in [2.24, 2.45) is 11.7 Å². The Hall–Kier alpha value is -0.370. The molecule has 0 aromatic carbocycles. The van der Waals surface area contributed by atoms with E-state index in [0.29, 0.717) is 32.1 Å². The summed E-state index contributed by atoms with van der Waals surface area (Å²) in [6.07, 6.45) is 1.71. The molecule has 1 aliphatic rings. The summed E-state index contributed by atoms with van der Waals surface area (Å²) in [5.41, 5.74) is 5.86. The molecule has 6 nitrogen and oxygen atoms in total. The Bertz CT molecular complexity index is 416. The van der Waals surface area contributed by atoms with Gasteiger partial charge in [0.15, 0.2) is 0 Å². The number of sulfonamides is 1. The Balaban J connectivity index is 0.00000400. The molecule has 0 saturated carbocycles. The van der Waals surface area contributed by atoms with Gasteiger partial charge in [0, 0.05) is 32.2 Å². The third-order valence-corrected chi connectivity index (χ3v) is 5.96. The predicted molar refractivity (Wildman–Crippen MR) is 86.9 cm³/mol. The van der Waals surface area contributed by atoms with Crippen molar-refractivity contribution in [1.29, 1.82) is 0 Å². The van der Waals surface area contributed by atoms with Crippen LogP contribution in [0, 0.1) is 5.92 Å². The maximum absolute atomic E-state index is 12.1. The second kappa shape index (κ2) is 8.92. The zero-order valence-electron chi connectivity index (χ0n) is 13.1. The van der Waals surface area contributed by atoms with Crippen molar-refractivity contribution in [1.82, 2.24) is 9.21 Å². The summed E-state index contributed by atoms with van der Waals surface area (Å²) in [5, 5.41) is 0. The average molecular weight is 342 g/mol. The van der Waals surface area contributed by atoms with Crippen molar-refractivity contribution in [2.75, 3.05) is 31.9 Å². The number of amides is 1. The molecule has 1 heterocycles. The van der Waals surface area contributed by atoms with Crippen molar-refractivity contribution in [3.8, 4) is 0 Å². The van der Waals surface area contributed by atoms with E-state index in [2.05, 4.69) is 0 Å². The van der Waals surface area contributed by atoms with Gasteiger partial charge in [-0.3, -0.25) is 4.79 Å². The highest BCUT2D eigenvalue weighted by Gasteiger charge is 2.29. The van der Waals surface area contributed by atoms with E-state index in [-0.39, 0.29) is 24.4 Å². The Morgan fingerprint density at radius 2 is 1.76 bits per heavy atom. The van der Waals surface area contributed by atoms with Gasteiger partial charge < -0.3 is 10.6 Å². The number of hydrogen-bond acceptors (Lipinski definition) is 4. The summed E-state index contributed by atoms with van der Waals surface area (Å²) in [5.74, 6) is -0.282. The van der Waals surface area contributed by atoms with Gasteiger partial charge in [0.2, 0.25) is 15.9 Å².